The predicted octanol–water partition coefficient (Wildman–Crippen LogP) is 1.36. The number of hydrogen-bond acceptors (Lipinski definition) is 4. The highest BCUT2D eigenvalue weighted by Gasteiger charge is 2.33. The van der Waals surface area contributed by atoms with Gasteiger partial charge in [0.1, 0.15) is 0 Å². The summed E-state index contributed by atoms with van der Waals surface area (Å²) >= 11 is 0. The number of piperidine rings is 3. The number of nitrogens with zero attached hydrogens (tertiary/aromatic N) is 1. The van der Waals surface area contributed by atoms with Gasteiger partial charge in [0, 0.05) is 18.3 Å². The van der Waals surface area contributed by atoms with E-state index in [0.717, 1.165) is 18.2 Å². The minimum atomic E-state index is 0.570. The smallest absolute Gasteiger partial charge is 0.0568 e. The summed E-state index contributed by atoms with van der Waals surface area (Å²) in [4.78, 5) is 2.54. The van der Waals surface area contributed by atoms with Crippen LogP contribution in [0.4, 0.5) is 17.1 Å². The molecule has 0 amide bonds. The van der Waals surface area contributed by atoms with E-state index in [2.05, 4.69) is 10.2 Å². The van der Waals surface area contributed by atoms with Crippen molar-refractivity contribution in [1.82, 2.24) is 4.90 Å². The Bertz CT molecular complexity index is 410. The van der Waals surface area contributed by atoms with E-state index < -0.39 is 0 Å². The van der Waals surface area contributed by atoms with Crippen LogP contribution in [0, 0.1) is 5.92 Å². The van der Waals surface area contributed by atoms with Gasteiger partial charge in [-0.2, -0.15) is 0 Å². The molecule has 17 heavy (non-hydrogen) atoms. The molecular formula is C13H20N4. The van der Waals surface area contributed by atoms with Gasteiger partial charge in [0.25, 0.3) is 0 Å². The van der Waals surface area contributed by atoms with Crippen LogP contribution in [-0.4, -0.2) is 30.6 Å². The van der Waals surface area contributed by atoms with Gasteiger partial charge in [-0.25, -0.2) is 0 Å². The second-order valence-electron chi connectivity index (χ2n) is 5.23. The molecule has 3 aliphatic rings. The maximum Gasteiger partial charge on any atom is 0.0568 e. The normalized spacial score (nSPS) is 31.4. The first-order valence-corrected chi connectivity index (χ1v) is 6.36. The number of rotatable bonds is 2. The van der Waals surface area contributed by atoms with Gasteiger partial charge in [-0.1, -0.05) is 0 Å². The number of fused-ring (bicyclic) bond motifs is 3. The molecule has 0 saturated carbocycles. The van der Waals surface area contributed by atoms with Crippen molar-refractivity contribution in [3.8, 4) is 0 Å². The number of hydrogen-bond donors (Lipinski definition) is 3. The minimum absolute atomic E-state index is 0.570. The topological polar surface area (TPSA) is 67.3 Å². The highest BCUT2D eigenvalue weighted by molar-refractivity contribution is 5.69. The minimum Gasteiger partial charge on any atom is -0.397 e. The molecule has 0 aromatic heterocycles. The number of benzene rings is 1. The van der Waals surface area contributed by atoms with Crippen molar-refractivity contribution in [2.45, 2.75) is 18.9 Å². The fourth-order valence-electron chi connectivity index (χ4n) is 3.01. The summed E-state index contributed by atoms with van der Waals surface area (Å²) < 4.78 is 0. The Balaban J connectivity index is 1.72. The summed E-state index contributed by atoms with van der Waals surface area (Å²) in [5.74, 6) is 0.818. The van der Waals surface area contributed by atoms with Crippen molar-refractivity contribution in [3.05, 3.63) is 18.2 Å². The third-order valence-electron chi connectivity index (χ3n) is 4.10. The van der Waals surface area contributed by atoms with E-state index in [9.17, 15) is 0 Å². The van der Waals surface area contributed by atoms with E-state index in [4.69, 9.17) is 11.5 Å². The zero-order chi connectivity index (χ0) is 11.8. The lowest BCUT2D eigenvalue weighted by Crippen LogP contribution is -2.53. The Morgan fingerprint density at radius 3 is 2.47 bits per heavy atom. The fraction of sp³-hybridized carbons (Fsp3) is 0.538. The van der Waals surface area contributed by atoms with E-state index in [1.165, 1.54) is 25.9 Å². The highest BCUT2D eigenvalue weighted by Crippen LogP contribution is 2.30. The monoisotopic (exact) mass is 232 g/mol. The van der Waals surface area contributed by atoms with E-state index in [0.29, 0.717) is 17.4 Å². The molecule has 1 atom stereocenters. The third-order valence-corrected chi connectivity index (χ3v) is 4.10. The van der Waals surface area contributed by atoms with Gasteiger partial charge in [-0.05, 0) is 50.0 Å². The Morgan fingerprint density at radius 1 is 1.12 bits per heavy atom. The molecule has 0 aliphatic carbocycles. The predicted molar refractivity (Wildman–Crippen MR) is 71.8 cm³/mol. The second kappa shape index (κ2) is 4.11. The first-order chi connectivity index (χ1) is 8.22. The Morgan fingerprint density at radius 2 is 1.88 bits per heavy atom. The molecule has 92 valence electrons. The van der Waals surface area contributed by atoms with Crippen LogP contribution in [0.5, 0.6) is 0 Å². The summed E-state index contributed by atoms with van der Waals surface area (Å²) in [7, 11) is 0. The van der Waals surface area contributed by atoms with Crippen LogP contribution >= 0.6 is 0 Å². The first kappa shape index (κ1) is 10.7. The zero-order valence-electron chi connectivity index (χ0n) is 10.0. The molecule has 3 heterocycles. The summed E-state index contributed by atoms with van der Waals surface area (Å²) in [6.45, 7) is 3.70. The zero-order valence-corrected chi connectivity index (χ0v) is 10.0. The van der Waals surface area contributed by atoms with Gasteiger partial charge >= 0.3 is 0 Å². The van der Waals surface area contributed by atoms with E-state index in [1.54, 1.807) is 0 Å². The molecule has 5 N–H and O–H groups in total. The molecular weight excluding hydrogens is 212 g/mol. The molecule has 3 saturated heterocycles. The largest absolute Gasteiger partial charge is 0.397 e. The Hall–Kier alpha value is -1.42. The molecule has 4 heteroatoms. The van der Waals surface area contributed by atoms with Crippen molar-refractivity contribution in [2.24, 2.45) is 5.92 Å². The van der Waals surface area contributed by atoms with Gasteiger partial charge < -0.3 is 21.7 Å². The number of nitrogens with one attached hydrogen (secondary N) is 1. The van der Waals surface area contributed by atoms with Gasteiger partial charge in [0.05, 0.1) is 11.4 Å². The summed E-state index contributed by atoms with van der Waals surface area (Å²) in [6.07, 6.45) is 2.64. The average molecular weight is 232 g/mol. The fourth-order valence-corrected chi connectivity index (χ4v) is 3.01. The number of anilines is 3. The van der Waals surface area contributed by atoms with E-state index >= 15 is 0 Å². The van der Waals surface area contributed by atoms with Gasteiger partial charge in [-0.3, -0.25) is 0 Å². The Labute approximate surface area is 102 Å². The molecule has 1 aromatic rings. The van der Waals surface area contributed by atoms with Crippen LogP contribution in [0.3, 0.4) is 0 Å². The molecule has 3 aliphatic heterocycles. The lowest BCUT2D eigenvalue weighted by atomic mass is 9.84. The first-order valence-electron chi connectivity index (χ1n) is 6.36. The van der Waals surface area contributed by atoms with Crippen molar-refractivity contribution in [1.29, 1.82) is 0 Å². The average Bonchev–Trinajstić information content (AvgIpc) is 2.35. The summed E-state index contributed by atoms with van der Waals surface area (Å²) in [5.41, 5.74) is 14.0. The molecule has 0 radical (unpaired) electrons. The SMILES string of the molecule is Nc1ccc(NC2CN3CCC2CC3)cc1N. The van der Waals surface area contributed by atoms with E-state index in [1.807, 2.05) is 18.2 Å². The van der Waals surface area contributed by atoms with Crippen molar-refractivity contribution >= 4 is 17.1 Å². The molecule has 0 spiro atoms. The molecule has 4 nitrogen and oxygen atoms in total. The van der Waals surface area contributed by atoms with Crippen LogP contribution in [0.15, 0.2) is 18.2 Å². The van der Waals surface area contributed by atoms with Crippen molar-refractivity contribution in [3.63, 3.8) is 0 Å². The van der Waals surface area contributed by atoms with Crippen molar-refractivity contribution < 1.29 is 0 Å². The van der Waals surface area contributed by atoms with Crippen LogP contribution in [-0.2, 0) is 0 Å². The second-order valence-corrected chi connectivity index (χ2v) is 5.23. The third kappa shape index (κ3) is 2.05. The number of nitrogens with two attached hydrogens (primary N) is 2. The Kier molecular flexibility index (Phi) is 2.59. The maximum absolute atomic E-state index is 5.83. The molecule has 2 bridgehead atoms. The van der Waals surface area contributed by atoms with Crippen LogP contribution < -0.4 is 16.8 Å². The van der Waals surface area contributed by atoms with Gasteiger partial charge in [-0.15, -0.1) is 0 Å². The molecule has 1 unspecified atom stereocenters. The summed E-state index contributed by atoms with van der Waals surface area (Å²) in [6, 6.07) is 6.40. The van der Waals surface area contributed by atoms with Gasteiger partial charge in [0.2, 0.25) is 0 Å². The molecule has 3 fully saturated rings. The van der Waals surface area contributed by atoms with Crippen LogP contribution in [0.1, 0.15) is 12.8 Å². The van der Waals surface area contributed by atoms with E-state index in [-0.39, 0.29) is 0 Å². The number of nitrogen functional groups attached to an aromatic ring is 2. The highest BCUT2D eigenvalue weighted by atomic mass is 15.2. The molecule has 4 rings (SSSR count). The van der Waals surface area contributed by atoms with Crippen LogP contribution in [0.25, 0.3) is 0 Å². The lowest BCUT2D eigenvalue weighted by Gasteiger charge is -2.45. The van der Waals surface area contributed by atoms with Crippen LogP contribution in [0.2, 0.25) is 0 Å². The van der Waals surface area contributed by atoms with Gasteiger partial charge in [0.15, 0.2) is 0 Å². The van der Waals surface area contributed by atoms with Crippen molar-refractivity contribution in [2.75, 3.05) is 36.4 Å². The standard InChI is InChI=1S/C13H20N4/c14-11-2-1-10(7-12(11)15)16-13-8-17-5-3-9(13)4-6-17/h1-2,7,9,13,16H,3-6,8,14-15H2. The maximum atomic E-state index is 5.83. The molecule has 1 aromatic carbocycles. The lowest BCUT2D eigenvalue weighted by molar-refractivity contribution is 0.0975. The summed E-state index contributed by atoms with van der Waals surface area (Å²) in [5, 5.41) is 3.60. The quantitative estimate of drug-likeness (QED) is 0.673.